The number of aryl methyl sites for hydroxylation is 1. The van der Waals surface area contributed by atoms with Crippen molar-refractivity contribution in [3.63, 3.8) is 0 Å². The number of rotatable bonds is 6. The summed E-state index contributed by atoms with van der Waals surface area (Å²) in [4.78, 5) is 12.5. The Labute approximate surface area is 185 Å². The highest BCUT2D eigenvalue weighted by Gasteiger charge is 2.13. The van der Waals surface area contributed by atoms with Gasteiger partial charge in [0.25, 0.3) is 5.91 Å². The molecule has 6 heteroatoms. The SMILES string of the molecule is Cc1cccc(Cl)c1NC(=O)/C(C#N)=C/c1ccc(OCc2ccccc2Cl)cc1. The first-order valence-electron chi connectivity index (χ1n) is 9.12. The topological polar surface area (TPSA) is 62.1 Å². The number of hydrogen-bond donors (Lipinski definition) is 1. The van der Waals surface area contributed by atoms with Gasteiger partial charge in [0.1, 0.15) is 24.0 Å². The number of para-hydroxylation sites is 1. The summed E-state index contributed by atoms with van der Waals surface area (Å²) >= 11 is 12.3. The Balaban J connectivity index is 1.69. The van der Waals surface area contributed by atoms with Gasteiger partial charge in [-0.25, -0.2) is 0 Å². The molecule has 0 saturated carbocycles. The van der Waals surface area contributed by atoms with Crippen molar-refractivity contribution in [1.82, 2.24) is 0 Å². The molecule has 0 atom stereocenters. The van der Waals surface area contributed by atoms with Crippen LogP contribution in [0.3, 0.4) is 0 Å². The molecule has 0 aromatic heterocycles. The largest absolute Gasteiger partial charge is 0.489 e. The Hall–Kier alpha value is -3.26. The molecule has 0 heterocycles. The lowest BCUT2D eigenvalue weighted by Gasteiger charge is -2.10. The molecule has 4 nitrogen and oxygen atoms in total. The van der Waals surface area contributed by atoms with Crippen molar-refractivity contribution in [2.75, 3.05) is 5.32 Å². The lowest BCUT2D eigenvalue weighted by Crippen LogP contribution is -2.14. The molecule has 3 aromatic rings. The van der Waals surface area contributed by atoms with Gasteiger partial charge in [-0.15, -0.1) is 0 Å². The van der Waals surface area contributed by atoms with Crippen molar-refractivity contribution in [1.29, 1.82) is 5.26 Å². The lowest BCUT2D eigenvalue weighted by atomic mass is 10.1. The van der Waals surface area contributed by atoms with Gasteiger partial charge in [-0.05, 0) is 48.4 Å². The van der Waals surface area contributed by atoms with Crippen LogP contribution in [0.2, 0.25) is 10.0 Å². The molecule has 3 aromatic carbocycles. The molecule has 1 amide bonds. The van der Waals surface area contributed by atoms with Gasteiger partial charge in [0.05, 0.1) is 10.7 Å². The zero-order valence-corrected chi connectivity index (χ0v) is 17.7. The van der Waals surface area contributed by atoms with Crippen LogP contribution in [0.25, 0.3) is 6.08 Å². The Morgan fingerprint density at radius 2 is 1.73 bits per heavy atom. The molecule has 0 bridgehead atoms. The third kappa shape index (κ3) is 5.42. The summed E-state index contributed by atoms with van der Waals surface area (Å²) in [5.74, 6) is 0.134. The number of nitrogens with one attached hydrogen (secondary N) is 1. The quantitative estimate of drug-likeness (QED) is 0.357. The van der Waals surface area contributed by atoms with E-state index in [2.05, 4.69) is 5.32 Å². The predicted molar refractivity (Wildman–Crippen MR) is 121 cm³/mol. The van der Waals surface area contributed by atoms with E-state index in [9.17, 15) is 10.1 Å². The Kier molecular flexibility index (Phi) is 7.13. The van der Waals surface area contributed by atoms with Gasteiger partial charge in [0, 0.05) is 10.6 Å². The number of nitrogens with zero attached hydrogens (tertiary/aromatic N) is 1. The van der Waals surface area contributed by atoms with Crippen LogP contribution in [0.15, 0.2) is 72.3 Å². The summed E-state index contributed by atoms with van der Waals surface area (Å²) in [6.45, 7) is 2.18. The second-order valence-corrected chi connectivity index (χ2v) is 7.32. The third-order valence-corrected chi connectivity index (χ3v) is 5.05. The van der Waals surface area contributed by atoms with Gasteiger partial charge in [-0.1, -0.05) is 65.7 Å². The second-order valence-electron chi connectivity index (χ2n) is 6.50. The highest BCUT2D eigenvalue weighted by atomic mass is 35.5. The first-order chi connectivity index (χ1) is 14.5. The zero-order valence-electron chi connectivity index (χ0n) is 16.2. The van der Waals surface area contributed by atoms with Crippen LogP contribution in [-0.2, 0) is 11.4 Å². The Bertz CT molecular complexity index is 1110. The molecule has 0 spiro atoms. The fourth-order valence-corrected chi connectivity index (χ4v) is 3.18. The molecule has 30 heavy (non-hydrogen) atoms. The Morgan fingerprint density at radius 3 is 2.40 bits per heavy atom. The van der Waals surface area contributed by atoms with Crippen molar-refractivity contribution >= 4 is 40.9 Å². The average molecular weight is 437 g/mol. The standard InChI is InChI=1S/C24H18Cl2N2O2/c1-16-5-4-8-22(26)23(16)28-24(29)19(14-27)13-17-9-11-20(12-10-17)30-15-18-6-2-3-7-21(18)25/h2-13H,15H2,1H3,(H,28,29)/b19-13+. The van der Waals surface area contributed by atoms with Crippen LogP contribution < -0.4 is 10.1 Å². The maximum Gasteiger partial charge on any atom is 0.266 e. The number of nitriles is 1. The summed E-state index contributed by atoms with van der Waals surface area (Å²) in [6, 6.07) is 21.8. The predicted octanol–water partition coefficient (Wildman–Crippen LogP) is 6.43. The molecule has 150 valence electrons. The molecule has 0 radical (unpaired) electrons. The highest BCUT2D eigenvalue weighted by molar-refractivity contribution is 6.34. The second kappa shape index (κ2) is 9.98. The van der Waals surface area contributed by atoms with E-state index in [-0.39, 0.29) is 5.57 Å². The normalized spacial score (nSPS) is 10.9. The first kappa shape index (κ1) is 21.4. The van der Waals surface area contributed by atoms with Crippen LogP contribution in [-0.4, -0.2) is 5.91 Å². The number of ether oxygens (including phenoxy) is 1. The van der Waals surface area contributed by atoms with Crippen molar-refractivity contribution < 1.29 is 9.53 Å². The van der Waals surface area contributed by atoms with Crippen LogP contribution in [0, 0.1) is 18.3 Å². The van der Waals surface area contributed by atoms with E-state index in [0.717, 1.165) is 11.1 Å². The maximum atomic E-state index is 12.5. The van der Waals surface area contributed by atoms with Crippen LogP contribution in [0.1, 0.15) is 16.7 Å². The smallest absolute Gasteiger partial charge is 0.266 e. The lowest BCUT2D eigenvalue weighted by molar-refractivity contribution is -0.112. The monoisotopic (exact) mass is 436 g/mol. The van der Waals surface area contributed by atoms with E-state index in [1.165, 1.54) is 6.08 Å². The van der Waals surface area contributed by atoms with Gasteiger partial charge in [0.15, 0.2) is 0 Å². The number of carbonyl (C=O) groups excluding carboxylic acids is 1. The molecule has 0 saturated heterocycles. The summed E-state index contributed by atoms with van der Waals surface area (Å²) in [6.07, 6.45) is 1.51. The molecular formula is C24H18Cl2N2O2. The van der Waals surface area contributed by atoms with Crippen molar-refractivity contribution in [2.24, 2.45) is 0 Å². The number of hydrogen-bond acceptors (Lipinski definition) is 3. The zero-order chi connectivity index (χ0) is 21.5. The molecule has 0 unspecified atom stereocenters. The van der Waals surface area contributed by atoms with E-state index in [1.54, 1.807) is 36.4 Å². The van der Waals surface area contributed by atoms with Gasteiger partial charge < -0.3 is 10.1 Å². The van der Waals surface area contributed by atoms with E-state index < -0.39 is 5.91 Å². The fraction of sp³-hybridized carbons (Fsp3) is 0.0833. The number of anilines is 1. The summed E-state index contributed by atoms with van der Waals surface area (Å²) in [5.41, 5.74) is 2.87. The fourth-order valence-electron chi connectivity index (χ4n) is 2.72. The minimum Gasteiger partial charge on any atom is -0.489 e. The molecule has 3 rings (SSSR count). The van der Waals surface area contributed by atoms with Gasteiger partial charge in [-0.3, -0.25) is 4.79 Å². The number of benzene rings is 3. The van der Waals surface area contributed by atoms with E-state index in [1.807, 2.05) is 43.3 Å². The molecule has 0 aliphatic rings. The molecular weight excluding hydrogens is 419 g/mol. The molecule has 0 fully saturated rings. The average Bonchev–Trinajstić information content (AvgIpc) is 2.75. The number of amides is 1. The first-order valence-corrected chi connectivity index (χ1v) is 9.88. The Morgan fingerprint density at radius 1 is 1.03 bits per heavy atom. The van der Waals surface area contributed by atoms with Gasteiger partial charge in [-0.2, -0.15) is 5.26 Å². The minimum atomic E-state index is -0.521. The van der Waals surface area contributed by atoms with E-state index in [0.29, 0.717) is 33.7 Å². The van der Waals surface area contributed by atoms with Gasteiger partial charge in [0.2, 0.25) is 0 Å². The van der Waals surface area contributed by atoms with Gasteiger partial charge >= 0.3 is 0 Å². The minimum absolute atomic E-state index is 0.0287. The highest BCUT2D eigenvalue weighted by Crippen LogP contribution is 2.26. The summed E-state index contributed by atoms with van der Waals surface area (Å²) < 4.78 is 5.75. The van der Waals surface area contributed by atoms with Crippen LogP contribution in [0.5, 0.6) is 5.75 Å². The van der Waals surface area contributed by atoms with Crippen molar-refractivity contribution in [3.05, 3.63) is 99.0 Å². The summed E-state index contributed by atoms with van der Waals surface area (Å²) in [5, 5.41) is 13.2. The third-order valence-electron chi connectivity index (χ3n) is 4.37. The number of carbonyl (C=O) groups is 1. The van der Waals surface area contributed by atoms with Crippen LogP contribution >= 0.6 is 23.2 Å². The molecule has 1 N–H and O–H groups in total. The molecule has 0 aliphatic heterocycles. The summed E-state index contributed by atoms with van der Waals surface area (Å²) in [7, 11) is 0. The maximum absolute atomic E-state index is 12.5. The number of halogens is 2. The van der Waals surface area contributed by atoms with E-state index >= 15 is 0 Å². The van der Waals surface area contributed by atoms with Crippen molar-refractivity contribution in [3.8, 4) is 11.8 Å². The van der Waals surface area contributed by atoms with E-state index in [4.69, 9.17) is 27.9 Å². The molecule has 0 aliphatic carbocycles. The van der Waals surface area contributed by atoms with Crippen LogP contribution in [0.4, 0.5) is 5.69 Å². The van der Waals surface area contributed by atoms with Crippen molar-refractivity contribution in [2.45, 2.75) is 13.5 Å².